The van der Waals surface area contributed by atoms with Crippen molar-refractivity contribution < 1.29 is 22.6 Å². The van der Waals surface area contributed by atoms with E-state index in [-0.39, 0.29) is 6.04 Å². The van der Waals surface area contributed by atoms with E-state index < -0.39 is 11.7 Å². The van der Waals surface area contributed by atoms with Crippen molar-refractivity contribution in [2.45, 2.75) is 25.1 Å². The number of fused-ring (bicyclic) bond motifs is 2. The molecule has 5 nitrogen and oxygen atoms in total. The number of aromatic nitrogens is 2. The number of hydrogen-bond acceptors (Lipinski definition) is 5. The van der Waals surface area contributed by atoms with Gasteiger partial charge in [-0.2, -0.15) is 23.4 Å². The lowest BCUT2D eigenvalue weighted by atomic mass is 9.91. The minimum Gasteiger partial charge on any atom is -0.493 e. The van der Waals surface area contributed by atoms with Gasteiger partial charge in [-0.15, -0.1) is 0 Å². The normalized spacial score (nSPS) is 16.4. The molecule has 1 N–H and O–H groups in total. The second-order valence-corrected chi connectivity index (χ2v) is 6.63. The third-order valence-electron chi connectivity index (χ3n) is 5.02. The molecule has 1 atom stereocenters. The van der Waals surface area contributed by atoms with Crippen LogP contribution in [0.2, 0.25) is 0 Å². The van der Waals surface area contributed by atoms with Gasteiger partial charge in [-0.05, 0) is 36.6 Å². The predicted molar refractivity (Wildman–Crippen MR) is 98.8 cm³/mol. The minimum atomic E-state index is -4.38. The molecule has 1 aliphatic heterocycles. The molecule has 0 amide bonds. The molecule has 0 aliphatic carbocycles. The first kappa shape index (κ1) is 18.3. The van der Waals surface area contributed by atoms with Crippen LogP contribution in [-0.4, -0.2) is 24.4 Å². The van der Waals surface area contributed by atoms with Gasteiger partial charge in [-0.1, -0.05) is 6.07 Å². The molecule has 1 aliphatic rings. The van der Waals surface area contributed by atoms with E-state index in [1.807, 2.05) is 6.07 Å². The summed E-state index contributed by atoms with van der Waals surface area (Å²) >= 11 is 0. The SMILES string of the molecule is COc1cc2nncc(C3CCc4ccc(C(F)(F)F)cc4N3)c2cc1OC. The van der Waals surface area contributed by atoms with Crippen LogP contribution in [0, 0.1) is 0 Å². The number of anilines is 1. The zero-order chi connectivity index (χ0) is 19.9. The molecular weight excluding hydrogens is 371 g/mol. The molecule has 0 bridgehead atoms. The van der Waals surface area contributed by atoms with Crippen molar-refractivity contribution in [3.05, 3.63) is 53.2 Å². The summed E-state index contributed by atoms with van der Waals surface area (Å²) < 4.78 is 49.9. The highest BCUT2D eigenvalue weighted by atomic mass is 19.4. The van der Waals surface area contributed by atoms with Gasteiger partial charge in [0.2, 0.25) is 0 Å². The fraction of sp³-hybridized carbons (Fsp3) is 0.300. The Kier molecular flexibility index (Phi) is 4.49. The fourth-order valence-corrected chi connectivity index (χ4v) is 3.58. The van der Waals surface area contributed by atoms with E-state index >= 15 is 0 Å². The second kappa shape index (κ2) is 6.85. The van der Waals surface area contributed by atoms with E-state index in [2.05, 4.69) is 15.5 Å². The van der Waals surface area contributed by atoms with Crippen LogP contribution in [0.5, 0.6) is 11.5 Å². The highest BCUT2D eigenvalue weighted by Gasteiger charge is 2.32. The molecule has 0 fully saturated rings. The summed E-state index contributed by atoms with van der Waals surface area (Å²) in [5, 5.41) is 12.3. The topological polar surface area (TPSA) is 56.3 Å². The van der Waals surface area contributed by atoms with Crippen LogP contribution in [0.4, 0.5) is 18.9 Å². The number of hydrogen-bond donors (Lipinski definition) is 1. The molecule has 0 saturated carbocycles. The number of ether oxygens (including phenoxy) is 2. The van der Waals surface area contributed by atoms with E-state index in [4.69, 9.17) is 9.47 Å². The average molecular weight is 389 g/mol. The van der Waals surface area contributed by atoms with Crippen LogP contribution in [0.25, 0.3) is 10.9 Å². The molecule has 3 aromatic rings. The van der Waals surface area contributed by atoms with Gasteiger partial charge in [-0.25, -0.2) is 0 Å². The number of rotatable bonds is 3. The summed E-state index contributed by atoms with van der Waals surface area (Å²) in [7, 11) is 3.09. The Balaban J connectivity index is 1.75. The van der Waals surface area contributed by atoms with E-state index in [0.717, 1.165) is 29.0 Å². The first-order valence-corrected chi connectivity index (χ1v) is 8.74. The lowest BCUT2D eigenvalue weighted by Gasteiger charge is -2.28. The average Bonchev–Trinajstić information content (AvgIpc) is 2.70. The van der Waals surface area contributed by atoms with Gasteiger partial charge in [0.25, 0.3) is 0 Å². The van der Waals surface area contributed by atoms with Gasteiger partial charge in [0.05, 0.1) is 37.5 Å². The third-order valence-corrected chi connectivity index (χ3v) is 5.02. The van der Waals surface area contributed by atoms with E-state index in [0.29, 0.717) is 29.1 Å². The van der Waals surface area contributed by atoms with Crippen molar-refractivity contribution in [2.24, 2.45) is 0 Å². The number of benzene rings is 2. The van der Waals surface area contributed by atoms with E-state index in [9.17, 15) is 13.2 Å². The van der Waals surface area contributed by atoms with Crippen molar-refractivity contribution in [1.29, 1.82) is 0 Å². The highest BCUT2D eigenvalue weighted by molar-refractivity contribution is 5.86. The minimum absolute atomic E-state index is 0.188. The van der Waals surface area contributed by atoms with Crippen molar-refractivity contribution in [3.8, 4) is 11.5 Å². The van der Waals surface area contributed by atoms with Gasteiger partial charge < -0.3 is 14.8 Å². The zero-order valence-electron chi connectivity index (χ0n) is 15.3. The van der Waals surface area contributed by atoms with Crippen molar-refractivity contribution >= 4 is 16.6 Å². The molecule has 2 heterocycles. The Bertz CT molecular complexity index is 1040. The maximum absolute atomic E-state index is 13.1. The third kappa shape index (κ3) is 3.19. The molecule has 0 radical (unpaired) electrons. The maximum Gasteiger partial charge on any atom is 0.416 e. The number of nitrogens with zero attached hydrogens (tertiary/aromatic N) is 2. The zero-order valence-corrected chi connectivity index (χ0v) is 15.3. The first-order chi connectivity index (χ1) is 13.4. The van der Waals surface area contributed by atoms with Crippen molar-refractivity contribution in [3.63, 3.8) is 0 Å². The van der Waals surface area contributed by atoms with Gasteiger partial charge in [-0.3, -0.25) is 0 Å². The highest BCUT2D eigenvalue weighted by Crippen LogP contribution is 2.40. The fourth-order valence-electron chi connectivity index (χ4n) is 3.58. The van der Waals surface area contributed by atoms with Crippen molar-refractivity contribution in [1.82, 2.24) is 10.2 Å². The Labute approximate surface area is 159 Å². The predicted octanol–water partition coefficient (Wildman–Crippen LogP) is 4.77. The molecule has 4 rings (SSSR count). The summed E-state index contributed by atoms with van der Waals surface area (Å²) in [5.74, 6) is 1.10. The smallest absolute Gasteiger partial charge is 0.416 e. The number of nitrogens with one attached hydrogen (secondary N) is 1. The summed E-state index contributed by atoms with van der Waals surface area (Å²) in [4.78, 5) is 0. The summed E-state index contributed by atoms with van der Waals surface area (Å²) in [6.45, 7) is 0. The lowest BCUT2D eigenvalue weighted by Crippen LogP contribution is -2.19. The Morgan fingerprint density at radius 2 is 1.82 bits per heavy atom. The number of aryl methyl sites for hydroxylation is 1. The number of halogens is 3. The molecule has 146 valence electrons. The molecule has 1 unspecified atom stereocenters. The van der Waals surface area contributed by atoms with Crippen LogP contribution >= 0.6 is 0 Å². The van der Waals surface area contributed by atoms with E-state index in [1.54, 1.807) is 26.5 Å². The molecule has 8 heteroatoms. The summed E-state index contributed by atoms with van der Waals surface area (Å²) in [6.07, 6.45) is -1.33. The van der Waals surface area contributed by atoms with Crippen molar-refractivity contribution in [2.75, 3.05) is 19.5 Å². The number of methoxy groups -OCH3 is 2. The largest absolute Gasteiger partial charge is 0.493 e. The van der Waals surface area contributed by atoms with Crippen LogP contribution in [-0.2, 0) is 12.6 Å². The van der Waals surface area contributed by atoms with Crippen LogP contribution in [0.15, 0.2) is 36.5 Å². The monoisotopic (exact) mass is 389 g/mol. The molecular formula is C20H18F3N3O2. The Morgan fingerprint density at radius 3 is 2.54 bits per heavy atom. The summed E-state index contributed by atoms with van der Waals surface area (Å²) in [6, 6.07) is 7.21. The van der Waals surface area contributed by atoms with Crippen LogP contribution in [0.1, 0.15) is 29.2 Å². The second-order valence-electron chi connectivity index (χ2n) is 6.63. The standard InChI is InChI=1S/C20H18F3N3O2/c1-27-18-8-13-14(10-24-26-17(13)9-19(18)28-2)15-6-4-11-3-5-12(20(21,22)23)7-16(11)25-15/h3,5,7-10,15,25H,4,6H2,1-2H3. The molecule has 2 aromatic carbocycles. The molecule has 0 spiro atoms. The molecule has 1 aromatic heterocycles. The van der Waals surface area contributed by atoms with Gasteiger partial charge >= 0.3 is 6.18 Å². The van der Waals surface area contributed by atoms with Gasteiger partial charge in [0.1, 0.15) is 0 Å². The van der Waals surface area contributed by atoms with Gasteiger partial charge in [0, 0.05) is 22.7 Å². The quantitative estimate of drug-likeness (QED) is 0.700. The van der Waals surface area contributed by atoms with Crippen LogP contribution < -0.4 is 14.8 Å². The molecule has 28 heavy (non-hydrogen) atoms. The Morgan fingerprint density at radius 1 is 1.07 bits per heavy atom. The maximum atomic E-state index is 13.1. The van der Waals surface area contributed by atoms with E-state index in [1.165, 1.54) is 12.1 Å². The first-order valence-electron chi connectivity index (χ1n) is 8.74. The molecule has 0 saturated heterocycles. The van der Waals surface area contributed by atoms with Crippen LogP contribution in [0.3, 0.4) is 0 Å². The Hall–Kier alpha value is -3.03. The summed E-state index contributed by atoms with van der Waals surface area (Å²) in [5.41, 5.74) is 2.19. The lowest BCUT2D eigenvalue weighted by molar-refractivity contribution is -0.137. The van der Waals surface area contributed by atoms with Gasteiger partial charge in [0.15, 0.2) is 11.5 Å². The number of alkyl halides is 3.